The minimum atomic E-state index is -3.82. The summed E-state index contributed by atoms with van der Waals surface area (Å²) in [5.41, 5.74) is 3.29. The van der Waals surface area contributed by atoms with Crippen LogP contribution in [0, 0.1) is 17.2 Å². The van der Waals surface area contributed by atoms with E-state index in [4.69, 9.17) is 9.68 Å². The molecule has 1 saturated carbocycles. The lowest BCUT2D eigenvalue weighted by Crippen LogP contribution is -2.19. The average molecular weight is 489 g/mol. The van der Waals surface area contributed by atoms with E-state index >= 15 is 0 Å². The summed E-state index contributed by atoms with van der Waals surface area (Å²) in [4.78, 5) is 13.2. The maximum Gasteiger partial charge on any atom is 0.339 e. The SMILES string of the molecule is N#Cc1ccc(S(=O)(=O)Nc2cccc(C(c3cc4c(oc3=O)CCCCCC4)C3CC3)c2)cc1. The van der Waals surface area contributed by atoms with E-state index in [0.717, 1.165) is 55.4 Å². The van der Waals surface area contributed by atoms with Gasteiger partial charge in [0.05, 0.1) is 16.5 Å². The lowest BCUT2D eigenvalue weighted by atomic mass is 9.86. The molecule has 2 aliphatic carbocycles. The molecule has 1 fully saturated rings. The first-order chi connectivity index (χ1) is 16.9. The quantitative estimate of drug-likeness (QED) is 0.493. The molecule has 5 rings (SSSR count). The van der Waals surface area contributed by atoms with Crippen LogP contribution < -0.4 is 10.3 Å². The van der Waals surface area contributed by atoms with E-state index in [0.29, 0.717) is 22.7 Å². The maximum atomic E-state index is 13.1. The Morgan fingerprint density at radius 1 is 0.971 bits per heavy atom. The van der Waals surface area contributed by atoms with Crippen molar-refractivity contribution in [2.24, 2.45) is 5.92 Å². The molecular weight excluding hydrogens is 460 g/mol. The van der Waals surface area contributed by atoms with Gasteiger partial charge in [0.1, 0.15) is 5.76 Å². The van der Waals surface area contributed by atoms with Gasteiger partial charge in [0.2, 0.25) is 0 Å². The topological polar surface area (TPSA) is 100 Å². The predicted molar refractivity (Wildman–Crippen MR) is 134 cm³/mol. The highest BCUT2D eigenvalue weighted by atomic mass is 32.2. The second kappa shape index (κ2) is 9.71. The first-order valence-corrected chi connectivity index (χ1v) is 13.7. The Bertz CT molecular complexity index is 1430. The summed E-state index contributed by atoms with van der Waals surface area (Å²) in [6, 6.07) is 17.1. The van der Waals surface area contributed by atoms with Crippen LogP contribution in [0.15, 0.2) is 68.7 Å². The van der Waals surface area contributed by atoms with Crippen LogP contribution >= 0.6 is 0 Å². The third-order valence-electron chi connectivity index (χ3n) is 6.96. The molecule has 1 atom stereocenters. The fourth-order valence-corrected chi connectivity index (χ4v) is 6.06. The number of nitrogens with zero attached hydrogens (tertiary/aromatic N) is 1. The van der Waals surface area contributed by atoms with Gasteiger partial charge in [0, 0.05) is 23.6 Å². The molecule has 1 heterocycles. The van der Waals surface area contributed by atoms with Gasteiger partial charge < -0.3 is 4.42 Å². The van der Waals surface area contributed by atoms with Gasteiger partial charge in [-0.1, -0.05) is 25.0 Å². The van der Waals surface area contributed by atoms with Gasteiger partial charge in [0.15, 0.2) is 0 Å². The molecule has 2 aromatic carbocycles. The molecule has 1 aromatic heterocycles. The first-order valence-electron chi connectivity index (χ1n) is 12.2. The number of nitriles is 1. The number of fused-ring (bicyclic) bond motifs is 1. The monoisotopic (exact) mass is 488 g/mol. The zero-order valence-corrected chi connectivity index (χ0v) is 20.3. The van der Waals surface area contributed by atoms with Crippen molar-refractivity contribution in [1.82, 2.24) is 0 Å². The largest absolute Gasteiger partial charge is 0.427 e. The summed E-state index contributed by atoms with van der Waals surface area (Å²) in [6.07, 6.45) is 8.30. The zero-order chi connectivity index (χ0) is 24.4. The van der Waals surface area contributed by atoms with Crippen molar-refractivity contribution in [1.29, 1.82) is 5.26 Å². The summed E-state index contributed by atoms with van der Waals surface area (Å²) < 4.78 is 34.3. The first kappa shape index (κ1) is 23.4. The standard InChI is InChI=1S/C28H28N2O4S/c29-18-19-10-14-24(15-11-19)35(32,33)30-23-8-5-7-22(16-23)27(20-12-13-20)25-17-21-6-3-1-2-4-9-26(21)34-28(25)31/h5,7-8,10-11,14-17,20,27,30H,1-4,6,9,12-13H2. The number of anilines is 1. The molecule has 1 unspecified atom stereocenters. The zero-order valence-electron chi connectivity index (χ0n) is 19.5. The van der Waals surface area contributed by atoms with E-state index in [1.807, 2.05) is 24.3 Å². The number of hydrogen-bond acceptors (Lipinski definition) is 5. The van der Waals surface area contributed by atoms with Crippen molar-refractivity contribution in [3.05, 3.63) is 93.0 Å². The number of aryl methyl sites for hydroxylation is 2. The van der Waals surface area contributed by atoms with Crippen molar-refractivity contribution < 1.29 is 12.8 Å². The number of sulfonamides is 1. The molecule has 6 nitrogen and oxygen atoms in total. The van der Waals surface area contributed by atoms with Gasteiger partial charge in [-0.05, 0) is 91.6 Å². The van der Waals surface area contributed by atoms with Gasteiger partial charge in [0.25, 0.3) is 10.0 Å². The molecule has 0 aliphatic heterocycles. The molecule has 2 aliphatic rings. The van der Waals surface area contributed by atoms with Crippen molar-refractivity contribution in [2.75, 3.05) is 4.72 Å². The summed E-state index contributed by atoms with van der Waals surface area (Å²) >= 11 is 0. The second-order valence-electron chi connectivity index (χ2n) is 9.53. The smallest absolute Gasteiger partial charge is 0.339 e. The van der Waals surface area contributed by atoms with Crippen molar-refractivity contribution in [2.45, 2.75) is 62.2 Å². The number of rotatable bonds is 6. The van der Waals surface area contributed by atoms with Crippen molar-refractivity contribution in [3.63, 3.8) is 0 Å². The van der Waals surface area contributed by atoms with E-state index in [1.54, 1.807) is 6.07 Å². The molecule has 7 heteroatoms. The number of benzene rings is 2. The third kappa shape index (κ3) is 5.18. The van der Waals surface area contributed by atoms with Crippen molar-refractivity contribution in [3.8, 4) is 6.07 Å². The Balaban J connectivity index is 1.47. The van der Waals surface area contributed by atoms with E-state index in [2.05, 4.69) is 10.8 Å². The molecule has 0 bridgehead atoms. The Morgan fingerprint density at radius 2 is 1.71 bits per heavy atom. The minimum Gasteiger partial charge on any atom is -0.427 e. The van der Waals surface area contributed by atoms with Gasteiger partial charge in [-0.25, -0.2) is 13.2 Å². The summed E-state index contributed by atoms with van der Waals surface area (Å²) in [5.74, 6) is 1.05. The highest BCUT2D eigenvalue weighted by Gasteiger charge is 2.36. The molecule has 0 amide bonds. The Morgan fingerprint density at radius 3 is 2.43 bits per heavy atom. The van der Waals surface area contributed by atoms with Crippen LogP contribution in [0.25, 0.3) is 0 Å². The average Bonchev–Trinajstić information content (AvgIpc) is 3.67. The van der Waals surface area contributed by atoms with Crippen LogP contribution in [-0.4, -0.2) is 8.42 Å². The molecule has 0 radical (unpaired) electrons. The minimum absolute atomic E-state index is 0.0861. The van der Waals surface area contributed by atoms with Crippen molar-refractivity contribution >= 4 is 15.7 Å². The summed E-state index contributed by atoms with van der Waals surface area (Å²) in [6.45, 7) is 0. The fourth-order valence-electron chi connectivity index (χ4n) is 5.01. The summed E-state index contributed by atoms with van der Waals surface area (Å²) in [5, 5.41) is 8.96. The molecule has 180 valence electrons. The van der Waals surface area contributed by atoms with Gasteiger partial charge in [-0.15, -0.1) is 0 Å². The highest BCUT2D eigenvalue weighted by Crippen LogP contribution is 2.46. The number of nitrogens with one attached hydrogen (secondary N) is 1. The maximum absolute atomic E-state index is 13.1. The third-order valence-corrected chi connectivity index (χ3v) is 8.36. The second-order valence-corrected chi connectivity index (χ2v) is 11.2. The van der Waals surface area contributed by atoms with Crippen LogP contribution in [0.5, 0.6) is 0 Å². The van der Waals surface area contributed by atoms with Crippen LogP contribution in [0.2, 0.25) is 0 Å². The van der Waals surface area contributed by atoms with Crippen LogP contribution in [0.4, 0.5) is 5.69 Å². The van der Waals surface area contributed by atoms with E-state index < -0.39 is 10.0 Å². The van der Waals surface area contributed by atoms with Gasteiger partial charge in [-0.3, -0.25) is 4.72 Å². The van der Waals surface area contributed by atoms with Crippen LogP contribution in [0.3, 0.4) is 0 Å². The summed E-state index contributed by atoms with van der Waals surface area (Å²) in [7, 11) is -3.82. The van der Waals surface area contributed by atoms with E-state index in [-0.39, 0.29) is 16.4 Å². The highest BCUT2D eigenvalue weighted by molar-refractivity contribution is 7.92. The molecule has 3 aromatic rings. The molecule has 0 spiro atoms. The Hall–Kier alpha value is -3.37. The number of hydrogen-bond donors (Lipinski definition) is 1. The lowest BCUT2D eigenvalue weighted by Gasteiger charge is -2.20. The van der Waals surface area contributed by atoms with Crippen LogP contribution in [0.1, 0.15) is 72.5 Å². The molecule has 1 N–H and O–H groups in total. The van der Waals surface area contributed by atoms with Gasteiger partial charge >= 0.3 is 5.63 Å². The normalized spacial score (nSPS) is 16.9. The Kier molecular flexibility index (Phi) is 6.48. The van der Waals surface area contributed by atoms with Gasteiger partial charge in [-0.2, -0.15) is 5.26 Å². The predicted octanol–water partition coefficient (Wildman–Crippen LogP) is 5.51. The van der Waals surface area contributed by atoms with E-state index in [1.165, 1.54) is 37.1 Å². The molecule has 0 saturated heterocycles. The molecule has 35 heavy (non-hydrogen) atoms. The lowest BCUT2D eigenvalue weighted by molar-refractivity contribution is 0.420. The molecular formula is C28H28N2O4S. The van der Waals surface area contributed by atoms with E-state index in [9.17, 15) is 13.2 Å². The Labute approximate surface area is 205 Å². The fraction of sp³-hybridized carbons (Fsp3) is 0.357. The van der Waals surface area contributed by atoms with Crippen LogP contribution in [-0.2, 0) is 22.9 Å².